The lowest BCUT2D eigenvalue weighted by Crippen LogP contribution is -2.17. The van der Waals surface area contributed by atoms with E-state index in [-0.39, 0.29) is 16.6 Å². The molecule has 0 spiro atoms. The van der Waals surface area contributed by atoms with Gasteiger partial charge in [0.25, 0.3) is 15.9 Å². The van der Waals surface area contributed by atoms with Gasteiger partial charge in [0.15, 0.2) is 0 Å². The fourth-order valence-electron chi connectivity index (χ4n) is 3.13. The van der Waals surface area contributed by atoms with Crippen LogP contribution in [0.2, 0.25) is 0 Å². The number of sulfonamides is 1. The van der Waals surface area contributed by atoms with Gasteiger partial charge in [-0.05, 0) is 44.0 Å². The summed E-state index contributed by atoms with van der Waals surface area (Å²) in [5.41, 5.74) is 2.94. The van der Waals surface area contributed by atoms with Gasteiger partial charge in [0, 0.05) is 0 Å². The molecule has 0 radical (unpaired) electrons. The van der Waals surface area contributed by atoms with Gasteiger partial charge in [-0.25, -0.2) is 18.4 Å². The molecule has 1 aromatic heterocycles. The molecule has 0 aliphatic rings. The highest BCUT2D eigenvalue weighted by atomic mass is 32.2. The number of hydrogen-bond donors (Lipinski definition) is 1. The maximum atomic E-state index is 13.0. The third kappa shape index (κ3) is 5.23. The summed E-state index contributed by atoms with van der Waals surface area (Å²) < 4.78 is 34.4. The zero-order valence-corrected chi connectivity index (χ0v) is 17.9. The normalized spacial score (nSPS) is 11.6. The molecule has 3 aromatic rings. The van der Waals surface area contributed by atoms with Crippen molar-refractivity contribution in [3.63, 3.8) is 0 Å². The molecular formula is C22H27N3O3S. The first kappa shape index (κ1) is 21.0. The van der Waals surface area contributed by atoms with Crippen LogP contribution in [0.4, 0.5) is 5.82 Å². The Kier molecular flexibility index (Phi) is 6.69. The van der Waals surface area contributed by atoms with Crippen LogP contribution >= 0.6 is 0 Å². The molecule has 0 bridgehead atoms. The number of nitrogens with zero attached hydrogens (tertiary/aromatic N) is 2. The van der Waals surface area contributed by atoms with Gasteiger partial charge in [-0.2, -0.15) is 0 Å². The van der Waals surface area contributed by atoms with Gasteiger partial charge in [0.05, 0.1) is 22.5 Å². The lowest BCUT2D eigenvalue weighted by Gasteiger charge is -2.14. The van der Waals surface area contributed by atoms with E-state index in [1.165, 1.54) is 0 Å². The van der Waals surface area contributed by atoms with Crippen molar-refractivity contribution in [1.29, 1.82) is 0 Å². The maximum absolute atomic E-state index is 13.0. The summed E-state index contributed by atoms with van der Waals surface area (Å²) in [5.74, 6) is 0.313. The molecule has 0 fully saturated rings. The number of nitrogens with one attached hydrogen (secondary N) is 1. The van der Waals surface area contributed by atoms with E-state index in [1.807, 2.05) is 31.2 Å². The minimum atomic E-state index is -3.82. The van der Waals surface area contributed by atoms with E-state index in [2.05, 4.69) is 21.6 Å². The molecule has 0 aliphatic heterocycles. The molecule has 0 amide bonds. The number of aryl methyl sites for hydroxylation is 2. The second-order valence-electron chi connectivity index (χ2n) is 7.15. The van der Waals surface area contributed by atoms with Crippen LogP contribution in [0.3, 0.4) is 0 Å². The Hall–Kier alpha value is -2.67. The summed E-state index contributed by atoms with van der Waals surface area (Å²) in [7, 11) is -3.82. The summed E-state index contributed by atoms with van der Waals surface area (Å²) in [5, 5.41) is 0. The van der Waals surface area contributed by atoms with Gasteiger partial charge < -0.3 is 4.74 Å². The van der Waals surface area contributed by atoms with E-state index in [9.17, 15) is 8.42 Å². The molecule has 1 N–H and O–H groups in total. The van der Waals surface area contributed by atoms with E-state index < -0.39 is 10.0 Å². The van der Waals surface area contributed by atoms with Gasteiger partial charge in [-0.3, -0.25) is 4.72 Å². The Morgan fingerprint density at radius 2 is 1.69 bits per heavy atom. The summed E-state index contributed by atoms with van der Waals surface area (Å²) >= 11 is 0. The van der Waals surface area contributed by atoms with Gasteiger partial charge in [0.1, 0.15) is 0 Å². The van der Waals surface area contributed by atoms with Crippen LogP contribution in [0.25, 0.3) is 11.0 Å². The molecule has 0 saturated heterocycles. The summed E-state index contributed by atoms with van der Waals surface area (Å²) in [6.07, 6.45) is 4.21. The van der Waals surface area contributed by atoms with E-state index in [0.717, 1.165) is 31.2 Å². The van der Waals surface area contributed by atoms with Crippen molar-refractivity contribution in [3.8, 4) is 5.88 Å². The fraction of sp³-hybridized carbons (Fsp3) is 0.364. The van der Waals surface area contributed by atoms with E-state index >= 15 is 0 Å². The molecule has 3 rings (SSSR count). The van der Waals surface area contributed by atoms with Crippen LogP contribution in [-0.2, 0) is 10.0 Å². The molecule has 29 heavy (non-hydrogen) atoms. The first-order valence-corrected chi connectivity index (χ1v) is 11.4. The smallest absolute Gasteiger partial charge is 0.263 e. The number of anilines is 1. The van der Waals surface area contributed by atoms with Crippen LogP contribution in [0.1, 0.15) is 43.7 Å². The van der Waals surface area contributed by atoms with Crippen molar-refractivity contribution in [1.82, 2.24) is 9.97 Å². The molecule has 0 saturated carbocycles. The summed E-state index contributed by atoms with van der Waals surface area (Å²) in [6.45, 7) is 6.32. The third-order valence-electron chi connectivity index (χ3n) is 4.63. The Bertz CT molecular complexity index is 1100. The molecule has 2 aromatic carbocycles. The van der Waals surface area contributed by atoms with E-state index in [0.29, 0.717) is 23.2 Å². The molecule has 0 unspecified atom stereocenters. The minimum Gasteiger partial charge on any atom is -0.475 e. The van der Waals surface area contributed by atoms with Crippen molar-refractivity contribution < 1.29 is 13.2 Å². The second-order valence-corrected chi connectivity index (χ2v) is 8.80. The highest BCUT2D eigenvalue weighted by Gasteiger charge is 2.21. The quantitative estimate of drug-likeness (QED) is 0.499. The standard InChI is InChI=1S/C22H27N3O3S/c1-4-5-6-9-14-28-22-21(23-18-10-7-8-11-19(18)24-22)25-29(26,27)20-13-12-16(2)15-17(20)3/h7-8,10-13,15H,4-6,9,14H2,1-3H3,(H,23,25). The number of hydrogen-bond acceptors (Lipinski definition) is 5. The van der Waals surface area contributed by atoms with Crippen molar-refractivity contribution >= 4 is 26.9 Å². The highest BCUT2D eigenvalue weighted by molar-refractivity contribution is 7.92. The molecule has 6 nitrogen and oxygen atoms in total. The number of benzene rings is 2. The molecule has 0 aliphatic carbocycles. The summed E-state index contributed by atoms with van der Waals surface area (Å²) in [6, 6.07) is 12.5. The largest absolute Gasteiger partial charge is 0.475 e. The Balaban J connectivity index is 1.92. The average molecular weight is 414 g/mol. The minimum absolute atomic E-state index is 0.110. The van der Waals surface area contributed by atoms with Crippen LogP contribution in [0.5, 0.6) is 5.88 Å². The van der Waals surface area contributed by atoms with Crippen LogP contribution < -0.4 is 9.46 Å². The number of fused-ring (bicyclic) bond motifs is 1. The molecule has 7 heteroatoms. The number of rotatable bonds is 9. The molecular weight excluding hydrogens is 386 g/mol. The van der Waals surface area contributed by atoms with Crippen LogP contribution in [0.15, 0.2) is 47.4 Å². The lowest BCUT2D eigenvalue weighted by molar-refractivity contribution is 0.295. The predicted octanol–water partition coefficient (Wildman–Crippen LogP) is 5.01. The molecule has 1 heterocycles. The first-order valence-electron chi connectivity index (χ1n) is 9.90. The Labute approximate surface area is 172 Å². The number of ether oxygens (including phenoxy) is 1. The number of aromatic nitrogens is 2. The molecule has 154 valence electrons. The average Bonchev–Trinajstić information content (AvgIpc) is 2.67. The fourth-order valence-corrected chi connectivity index (χ4v) is 4.36. The number of unbranched alkanes of at least 4 members (excludes halogenated alkanes) is 3. The molecule has 0 atom stereocenters. The van der Waals surface area contributed by atoms with Crippen molar-refractivity contribution in [2.45, 2.75) is 51.3 Å². The topological polar surface area (TPSA) is 81.2 Å². The lowest BCUT2D eigenvalue weighted by atomic mass is 10.2. The predicted molar refractivity (Wildman–Crippen MR) is 116 cm³/mol. The third-order valence-corrected chi connectivity index (χ3v) is 6.13. The second kappa shape index (κ2) is 9.22. The Morgan fingerprint density at radius 1 is 0.966 bits per heavy atom. The monoisotopic (exact) mass is 413 g/mol. The van der Waals surface area contributed by atoms with Gasteiger partial charge in [-0.15, -0.1) is 0 Å². The first-order chi connectivity index (χ1) is 13.9. The summed E-state index contributed by atoms with van der Waals surface area (Å²) in [4.78, 5) is 9.18. The van der Waals surface area contributed by atoms with Crippen molar-refractivity contribution in [2.75, 3.05) is 11.3 Å². The Morgan fingerprint density at radius 3 is 2.38 bits per heavy atom. The van der Waals surface area contributed by atoms with Crippen molar-refractivity contribution in [2.24, 2.45) is 0 Å². The van der Waals surface area contributed by atoms with Gasteiger partial charge >= 0.3 is 0 Å². The van der Waals surface area contributed by atoms with E-state index in [4.69, 9.17) is 4.74 Å². The van der Waals surface area contributed by atoms with Crippen LogP contribution in [-0.4, -0.2) is 25.0 Å². The van der Waals surface area contributed by atoms with Gasteiger partial charge in [0.2, 0.25) is 5.82 Å². The van der Waals surface area contributed by atoms with Gasteiger partial charge in [-0.1, -0.05) is 56.0 Å². The van der Waals surface area contributed by atoms with E-state index in [1.54, 1.807) is 25.1 Å². The van der Waals surface area contributed by atoms with Crippen molar-refractivity contribution in [3.05, 3.63) is 53.6 Å². The maximum Gasteiger partial charge on any atom is 0.263 e. The zero-order chi connectivity index (χ0) is 20.9. The number of para-hydroxylation sites is 2. The van der Waals surface area contributed by atoms with Crippen LogP contribution in [0, 0.1) is 13.8 Å². The SMILES string of the molecule is CCCCCCOc1nc2ccccc2nc1NS(=O)(=O)c1ccc(C)cc1C. The highest BCUT2D eigenvalue weighted by Crippen LogP contribution is 2.27. The zero-order valence-electron chi connectivity index (χ0n) is 17.1.